The number of hydrogen-bond donors (Lipinski definition) is 0. The van der Waals surface area contributed by atoms with Crippen LogP contribution in [-0.4, -0.2) is 37.7 Å². The first-order chi connectivity index (χ1) is 23.5. The number of amides is 2. The summed E-state index contributed by atoms with van der Waals surface area (Å²) in [4.78, 5) is 28.2. The lowest BCUT2D eigenvalue weighted by Gasteiger charge is -2.20. The van der Waals surface area contributed by atoms with Crippen molar-refractivity contribution >= 4 is 12.0 Å². The number of imide groups is 1. The highest BCUT2D eigenvalue weighted by molar-refractivity contribution is 6.02. The number of hydrogen-bond acceptors (Lipinski definition) is 6. The number of unbranched alkanes of at least 4 members (excludes halogenated alkanes) is 11. The van der Waals surface area contributed by atoms with Gasteiger partial charge in [0.15, 0.2) is 17.7 Å². The van der Waals surface area contributed by atoms with Gasteiger partial charge in [-0.3, -0.25) is 4.79 Å². The number of ether oxygens (including phenoxy) is 4. The summed E-state index contributed by atoms with van der Waals surface area (Å²) in [6.45, 7) is 5.68. The lowest BCUT2D eigenvalue weighted by Crippen LogP contribution is -2.44. The van der Waals surface area contributed by atoms with Crippen molar-refractivity contribution in [3.05, 3.63) is 83.7 Å². The third-order valence-corrected chi connectivity index (χ3v) is 8.43. The van der Waals surface area contributed by atoms with E-state index in [1.165, 1.54) is 64.2 Å². The Hall–Kier alpha value is -4.07. The molecule has 0 saturated heterocycles. The highest BCUT2D eigenvalue weighted by Crippen LogP contribution is 2.39. The summed E-state index contributed by atoms with van der Waals surface area (Å²) in [7, 11) is 3.15. The molecule has 8 nitrogen and oxygen atoms in total. The van der Waals surface area contributed by atoms with Crippen LogP contribution in [0.3, 0.4) is 0 Å². The molecule has 0 atom stereocenters. The zero-order valence-electron chi connectivity index (χ0n) is 29.7. The first kappa shape index (κ1) is 38.4. The maximum absolute atomic E-state index is 13.5. The number of aryl methyl sites for hydroxylation is 1. The van der Waals surface area contributed by atoms with E-state index in [1.807, 2.05) is 35.0 Å². The Bertz CT molecular complexity index is 1340. The Labute approximate surface area is 288 Å². The lowest BCUT2D eigenvalue weighted by atomic mass is 10.1. The zero-order valence-corrected chi connectivity index (χ0v) is 29.7. The van der Waals surface area contributed by atoms with Gasteiger partial charge in [-0.25, -0.2) is 14.3 Å². The van der Waals surface area contributed by atoms with Crippen LogP contribution in [0.1, 0.15) is 119 Å². The molecule has 1 heterocycles. The fourth-order valence-electron chi connectivity index (χ4n) is 5.73. The van der Waals surface area contributed by atoms with E-state index in [4.69, 9.17) is 18.9 Å². The molecule has 48 heavy (non-hydrogen) atoms. The normalized spacial score (nSPS) is 10.8. The molecular formula is C40H57N2O6+. The van der Waals surface area contributed by atoms with E-state index in [-0.39, 0.29) is 13.2 Å². The van der Waals surface area contributed by atoms with E-state index in [9.17, 15) is 9.59 Å². The highest BCUT2D eigenvalue weighted by atomic mass is 16.6. The van der Waals surface area contributed by atoms with Crippen molar-refractivity contribution in [2.24, 2.45) is 0 Å². The third kappa shape index (κ3) is 12.9. The Balaban J connectivity index is 1.56. The monoisotopic (exact) mass is 661 g/mol. The summed E-state index contributed by atoms with van der Waals surface area (Å²) >= 11 is 0. The summed E-state index contributed by atoms with van der Waals surface area (Å²) in [5.74, 6) is 1.11. The van der Waals surface area contributed by atoms with Crippen LogP contribution in [0.5, 0.6) is 17.2 Å². The molecular weight excluding hydrogens is 604 g/mol. The van der Waals surface area contributed by atoms with Crippen molar-refractivity contribution in [3.8, 4) is 17.2 Å². The second-order valence-electron chi connectivity index (χ2n) is 12.3. The van der Waals surface area contributed by atoms with Gasteiger partial charge >= 0.3 is 6.09 Å². The van der Waals surface area contributed by atoms with Gasteiger partial charge in [0.1, 0.15) is 19.7 Å². The number of carbonyl (C=O) groups is 2. The van der Waals surface area contributed by atoms with Crippen molar-refractivity contribution in [1.29, 1.82) is 0 Å². The molecule has 3 rings (SSSR count). The Morgan fingerprint density at radius 2 is 1.29 bits per heavy atom. The molecule has 0 radical (unpaired) electrons. The predicted molar refractivity (Wildman–Crippen MR) is 190 cm³/mol. The predicted octanol–water partition coefficient (Wildman–Crippen LogP) is 9.46. The Morgan fingerprint density at radius 1 is 0.708 bits per heavy atom. The summed E-state index contributed by atoms with van der Waals surface area (Å²) in [6.07, 6.45) is 17.5. The molecule has 0 fully saturated rings. The second-order valence-corrected chi connectivity index (χ2v) is 12.3. The average molecular weight is 662 g/mol. The van der Waals surface area contributed by atoms with Crippen LogP contribution in [0.4, 0.5) is 4.79 Å². The van der Waals surface area contributed by atoms with Gasteiger partial charge in [0, 0.05) is 24.1 Å². The van der Waals surface area contributed by atoms with Gasteiger partial charge in [0.25, 0.3) is 5.91 Å². The zero-order chi connectivity index (χ0) is 34.4. The minimum atomic E-state index is -0.735. The molecule has 0 saturated carbocycles. The van der Waals surface area contributed by atoms with E-state index in [0.29, 0.717) is 35.0 Å². The molecule has 0 aliphatic heterocycles. The Kier molecular flexibility index (Phi) is 18.0. The number of nitrogens with zero attached hydrogens (tertiary/aromatic N) is 2. The molecule has 0 spiro atoms. The van der Waals surface area contributed by atoms with Crippen molar-refractivity contribution in [1.82, 2.24) is 4.90 Å². The molecule has 262 valence electrons. The highest BCUT2D eigenvalue weighted by Gasteiger charge is 2.28. The van der Waals surface area contributed by atoms with Gasteiger partial charge in [-0.1, -0.05) is 109 Å². The minimum Gasteiger partial charge on any atom is -0.493 e. The van der Waals surface area contributed by atoms with E-state index in [0.717, 1.165) is 36.4 Å². The van der Waals surface area contributed by atoms with Gasteiger partial charge in [-0.2, -0.15) is 0 Å². The van der Waals surface area contributed by atoms with Crippen LogP contribution in [-0.2, 0) is 24.4 Å². The average Bonchev–Trinajstić information content (AvgIpc) is 3.12. The molecule has 0 N–H and O–H groups in total. The second kappa shape index (κ2) is 22.5. The van der Waals surface area contributed by atoms with Crippen LogP contribution < -0.4 is 18.8 Å². The first-order valence-corrected chi connectivity index (χ1v) is 17.9. The smallest absolute Gasteiger partial charge is 0.417 e. The number of methoxy groups -OCH3 is 2. The van der Waals surface area contributed by atoms with E-state index >= 15 is 0 Å². The van der Waals surface area contributed by atoms with Crippen LogP contribution in [0.25, 0.3) is 0 Å². The summed E-state index contributed by atoms with van der Waals surface area (Å²) in [5.41, 5.74) is 1.90. The molecule has 8 heteroatoms. The minimum absolute atomic E-state index is 0.0753. The lowest BCUT2D eigenvalue weighted by molar-refractivity contribution is -0.704. The molecule has 0 aliphatic rings. The van der Waals surface area contributed by atoms with Crippen molar-refractivity contribution in [2.75, 3.05) is 20.8 Å². The SMILES string of the molecule is CCCCCCCCCCCCCCOc1c(OC)cc(COC(=O)N(Cc2cccc[n+]2CCC)C(=O)c2ccccc2)cc1OC. The van der Waals surface area contributed by atoms with E-state index in [2.05, 4.69) is 13.8 Å². The molecule has 1 aromatic heterocycles. The quantitative estimate of drug-likeness (QED) is 0.0744. The van der Waals surface area contributed by atoms with Crippen molar-refractivity contribution in [2.45, 2.75) is 117 Å². The number of aromatic nitrogens is 1. The number of pyridine rings is 1. The maximum atomic E-state index is 13.5. The maximum Gasteiger partial charge on any atom is 0.417 e. The molecule has 3 aromatic rings. The van der Waals surface area contributed by atoms with Gasteiger partial charge in [-0.05, 0) is 36.2 Å². The van der Waals surface area contributed by atoms with Crippen LogP contribution in [0, 0.1) is 0 Å². The molecule has 0 aliphatic carbocycles. The first-order valence-electron chi connectivity index (χ1n) is 17.9. The van der Waals surface area contributed by atoms with E-state index in [1.54, 1.807) is 50.6 Å². The summed E-state index contributed by atoms with van der Waals surface area (Å²) < 4.78 is 25.2. The van der Waals surface area contributed by atoms with E-state index < -0.39 is 12.0 Å². The Morgan fingerprint density at radius 3 is 1.88 bits per heavy atom. The fraction of sp³-hybridized carbons (Fsp3) is 0.525. The number of carbonyl (C=O) groups excluding carboxylic acids is 2. The largest absolute Gasteiger partial charge is 0.493 e. The number of rotatable bonds is 23. The molecule has 0 unspecified atom stereocenters. The molecule has 2 aromatic carbocycles. The van der Waals surface area contributed by atoms with Crippen LogP contribution in [0.2, 0.25) is 0 Å². The van der Waals surface area contributed by atoms with Crippen LogP contribution in [0.15, 0.2) is 66.9 Å². The topological polar surface area (TPSA) is 78.2 Å². The van der Waals surface area contributed by atoms with Gasteiger partial charge < -0.3 is 18.9 Å². The van der Waals surface area contributed by atoms with Gasteiger partial charge in [-0.15, -0.1) is 0 Å². The van der Waals surface area contributed by atoms with Gasteiger partial charge in [0.2, 0.25) is 11.4 Å². The van der Waals surface area contributed by atoms with Crippen molar-refractivity contribution < 1.29 is 33.1 Å². The third-order valence-electron chi connectivity index (χ3n) is 8.43. The van der Waals surface area contributed by atoms with Gasteiger partial charge in [0.05, 0.1) is 20.8 Å². The van der Waals surface area contributed by atoms with Crippen molar-refractivity contribution in [3.63, 3.8) is 0 Å². The fourth-order valence-corrected chi connectivity index (χ4v) is 5.73. The number of benzene rings is 2. The van der Waals surface area contributed by atoms with Crippen LogP contribution >= 0.6 is 0 Å². The molecule has 2 amide bonds. The standard InChI is InChI=1S/C40H57N2O6/c1-5-7-8-9-10-11-12-13-14-15-16-22-28-47-38-36(45-3)29-33(30-37(38)46-4)32-48-40(44)42(39(43)34-23-18-17-19-24-34)31-35-25-20-21-27-41(35)26-6-2/h17-21,23-25,27,29-30H,5-16,22,26,28,31-32H2,1-4H3/q+1. The molecule has 0 bridgehead atoms. The summed E-state index contributed by atoms with van der Waals surface area (Å²) in [5, 5.41) is 0. The summed E-state index contributed by atoms with van der Waals surface area (Å²) in [6, 6.07) is 18.1.